The van der Waals surface area contributed by atoms with E-state index in [2.05, 4.69) is 9.62 Å². The van der Waals surface area contributed by atoms with Crippen LogP contribution >= 0.6 is 23.4 Å². The Bertz CT molecular complexity index is 860. The monoisotopic (exact) mass is 493 g/mol. The first kappa shape index (κ1) is 24.7. The molecule has 7 nitrogen and oxygen atoms in total. The van der Waals surface area contributed by atoms with E-state index in [0.29, 0.717) is 25.3 Å². The van der Waals surface area contributed by atoms with Gasteiger partial charge < -0.3 is 9.64 Å². The molecule has 0 spiro atoms. The SMILES string of the molecule is CSCCC(NS(=O)(=O)c1ccc(F)c(Cl)c1)C(=O)N1CCN(CC2CCCO2)CC1. The van der Waals surface area contributed by atoms with Crippen LogP contribution in [0.15, 0.2) is 23.1 Å². The highest BCUT2D eigenvalue weighted by molar-refractivity contribution is 7.98. The van der Waals surface area contributed by atoms with E-state index in [1.807, 2.05) is 6.26 Å². The Hall–Kier alpha value is -0.910. The van der Waals surface area contributed by atoms with Crippen molar-refractivity contribution in [1.29, 1.82) is 0 Å². The zero-order valence-electron chi connectivity index (χ0n) is 17.6. The number of ether oxygens (including phenoxy) is 1. The second-order valence-corrected chi connectivity index (χ2v) is 10.9. The number of piperazine rings is 1. The molecule has 11 heteroatoms. The summed E-state index contributed by atoms with van der Waals surface area (Å²) >= 11 is 7.28. The molecule has 1 N–H and O–H groups in total. The first-order chi connectivity index (χ1) is 14.8. The number of amides is 1. The van der Waals surface area contributed by atoms with Crippen molar-refractivity contribution in [2.24, 2.45) is 0 Å². The molecular weight excluding hydrogens is 465 g/mol. The molecule has 0 radical (unpaired) electrons. The van der Waals surface area contributed by atoms with Crippen LogP contribution in [0.1, 0.15) is 19.3 Å². The van der Waals surface area contributed by atoms with Gasteiger partial charge in [-0.25, -0.2) is 12.8 Å². The molecule has 2 aliphatic heterocycles. The van der Waals surface area contributed by atoms with E-state index in [0.717, 1.165) is 57.3 Å². The quantitative estimate of drug-likeness (QED) is 0.568. The van der Waals surface area contributed by atoms with Crippen molar-refractivity contribution in [2.75, 3.05) is 51.3 Å². The van der Waals surface area contributed by atoms with Gasteiger partial charge in [0.05, 0.1) is 16.0 Å². The Kier molecular flexibility index (Phi) is 9.01. The topological polar surface area (TPSA) is 79.0 Å². The molecule has 1 amide bonds. The second-order valence-electron chi connectivity index (χ2n) is 7.79. The fourth-order valence-corrected chi connectivity index (χ4v) is 5.78. The highest BCUT2D eigenvalue weighted by Crippen LogP contribution is 2.21. The van der Waals surface area contributed by atoms with Crippen LogP contribution in [0.4, 0.5) is 4.39 Å². The minimum atomic E-state index is -4.02. The molecule has 3 rings (SSSR count). The van der Waals surface area contributed by atoms with Crippen LogP contribution in [0.5, 0.6) is 0 Å². The molecule has 2 heterocycles. The van der Waals surface area contributed by atoms with Crippen molar-refractivity contribution < 1.29 is 22.3 Å². The number of nitrogens with one attached hydrogen (secondary N) is 1. The molecule has 2 unspecified atom stereocenters. The molecule has 1 aromatic carbocycles. The summed E-state index contributed by atoms with van der Waals surface area (Å²) in [6.45, 7) is 4.26. The van der Waals surface area contributed by atoms with Gasteiger partial charge in [0.1, 0.15) is 11.9 Å². The van der Waals surface area contributed by atoms with Crippen LogP contribution in [0, 0.1) is 5.82 Å². The van der Waals surface area contributed by atoms with Crippen molar-refractivity contribution >= 4 is 39.3 Å². The Morgan fingerprint density at radius 3 is 2.71 bits per heavy atom. The summed E-state index contributed by atoms with van der Waals surface area (Å²) < 4.78 is 47.2. The second kappa shape index (κ2) is 11.3. The minimum absolute atomic E-state index is 0.165. The molecule has 2 aliphatic rings. The van der Waals surface area contributed by atoms with Gasteiger partial charge in [-0.15, -0.1) is 0 Å². The van der Waals surface area contributed by atoms with Crippen LogP contribution in [0.2, 0.25) is 5.02 Å². The summed E-state index contributed by atoms with van der Waals surface area (Å²) in [4.78, 5) is 17.0. The number of thioether (sulfide) groups is 1. The van der Waals surface area contributed by atoms with Crippen molar-refractivity contribution in [1.82, 2.24) is 14.5 Å². The number of sulfonamides is 1. The number of benzene rings is 1. The zero-order valence-corrected chi connectivity index (χ0v) is 19.9. The third-order valence-electron chi connectivity index (χ3n) is 5.58. The molecule has 0 saturated carbocycles. The molecular formula is C20H29ClFN3O4S2. The lowest BCUT2D eigenvalue weighted by atomic mass is 10.1. The largest absolute Gasteiger partial charge is 0.377 e. The van der Waals surface area contributed by atoms with E-state index in [4.69, 9.17) is 16.3 Å². The normalized spacial score (nSPS) is 21.4. The van der Waals surface area contributed by atoms with Gasteiger partial charge in [-0.05, 0) is 49.5 Å². The first-order valence-electron chi connectivity index (χ1n) is 10.4. The maximum atomic E-state index is 13.4. The lowest BCUT2D eigenvalue weighted by Gasteiger charge is -2.37. The van der Waals surface area contributed by atoms with Crippen LogP contribution in [-0.4, -0.2) is 87.6 Å². The number of halogens is 2. The van der Waals surface area contributed by atoms with Crippen LogP contribution in [0.3, 0.4) is 0 Å². The van der Waals surface area contributed by atoms with Crippen LogP contribution in [-0.2, 0) is 19.6 Å². The van der Waals surface area contributed by atoms with Crippen molar-refractivity contribution in [2.45, 2.75) is 36.3 Å². The fourth-order valence-electron chi connectivity index (χ4n) is 3.82. The number of rotatable bonds is 9. The smallest absolute Gasteiger partial charge is 0.241 e. The van der Waals surface area contributed by atoms with E-state index >= 15 is 0 Å². The van der Waals surface area contributed by atoms with Crippen LogP contribution in [0.25, 0.3) is 0 Å². The Labute approximate surface area is 192 Å². The van der Waals surface area contributed by atoms with Crippen molar-refractivity contribution in [3.8, 4) is 0 Å². The van der Waals surface area contributed by atoms with Gasteiger partial charge in [-0.2, -0.15) is 16.5 Å². The van der Waals surface area contributed by atoms with Gasteiger partial charge in [-0.3, -0.25) is 9.69 Å². The first-order valence-corrected chi connectivity index (χ1v) is 13.6. The Morgan fingerprint density at radius 2 is 2.10 bits per heavy atom. The third-order valence-corrected chi connectivity index (χ3v) is 7.98. The van der Waals surface area contributed by atoms with E-state index < -0.39 is 21.9 Å². The summed E-state index contributed by atoms with van der Waals surface area (Å²) in [7, 11) is -4.02. The molecule has 2 atom stereocenters. The van der Waals surface area contributed by atoms with Crippen LogP contribution < -0.4 is 4.72 Å². The van der Waals surface area contributed by atoms with Gasteiger partial charge in [0, 0.05) is 39.3 Å². The van der Waals surface area contributed by atoms with E-state index in [9.17, 15) is 17.6 Å². The molecule has 2 saturated heterocycles. The molecule has 31 heavy (non-hydrogen) atoms. The standard InChI is InChI=1S/C20H29ClFN3O4S2/c1-30-12-6-19(23-31(27,28)16-4-5-18(22)17(21)13-16)20(26)25-9-7-24(8-10-25)14-15-3-2-11-29-15/h4-5,13,15,19,23H,2-3,6-12,14H2,1H3. The third kappa shape index (κ3) is 6.79. The number of hydrogen-bond acceptors (Lipinski definition) is 6. The minimum Gasteiger partial charge on any atom is -0.377 e. The maximum Gasteiger partial charge on any atom is 0.241 e. The van der Waals surface area contributed by atoms with Gasteiger partial charge in [0.25, 0.3) is 0 Å². The molecule has 174 valence electrons. The number of carbonyl (C=O) groups is 1. The predicted molar refractivity (Wildman–Crippen MR) is 121 cm³/mol. The number of hydrogen-bond donors (Lipinski definition) is 1. The van der Waals surface area contributed by atoms with Crippen molar-refractivity contribution in [3.63, 3.8) is 0 Å². The van der Waals surface area contributed by atoms with E-state index in [1.54, 1.807) is 4.90 Å². The average Bonchev–Trinajstić information content (AvgIpc) is 3.26. The number of nitrogens with zero attached hydrogens (tertiary/aromatic N) is 2. The summed E-state index contributed by atoms with van der Waals surface area (Å²) in [6.07, 6.45) is 4.71. The van der Waals surface area contributed by atoms with E-state index in [-0.39, 0.29) is 21.9 Å². The summed E-state index contributed by atoms with van der Waals surface area (Å²) in [5, 5.41) is -0.280. The van der Waals surface area contributed by atoms with Gasteiger partial charge in [0.15, 0.2) is 0 Å². The summed E-state index contributed by atoms with van der Waals surface area (Å²) in [5.74, 6) is -0.304. The highest BCUT2D eigenvalue weighted by Gasteiger charge is 2.32. The fraction of sp³-hybridized carbons (Fsp3) is 0.650. The maximum absolute atomic E-state index is 13.4. The molecule has 2 fully saturated rings. The molecule has 0 aliphatic carbocycles. The zero-order chi connectivity index (χ0) is 22.4. The molecule has 0 bridgehead atoms. The van der Waals surface area contributed by atoms with Gasteiger partial charge in [0.2, 0.25) is 15.9 Å². The lowest BCUT2D eigenvalue weighted by Crippen LogP contribution is -2.55. The molecule has 0 aromatic heterocycles. The number of carbonyl (C=O) groups excluding carboxylic acids is 1. The Morgan fingerprint density at radius 1 is 1.35 bits per heavy atom. The summed E-state index contributed by atoms with van der Waals surface area (Å²) in [5.41, 5.74) is 0. The van der Waals surface area contributed by atoms with E-state index in [1.165, 1.54) is 11.8 Å². The lowest BCUT2D eigenvalue weighted by molar-refractivity contribution is -0.135. The van der Waals surface area contributed by atoms with Crippen molar-refractivity contribution in [3.05, 3.63) is 29.0 Å². The highest BCUT2D eigenvalue weighted by atomic mass is 35.5. The average molecular weight is 494 g/mol. The Balaban J connectivity index is 1.62. The van der Waals surface area contributed by atoms with Gasteiger partial charge in [-0.1, -0.05) is 11.6 Å². The molecule has 1 aromatic rings. The van der Waals surface area contributed by atoms with Gasteiger partial charge >= 0.3 is 0 Å². The predicted octanol–water partition coefficient (Wildman–Crippen LogP) is 2.20. The summed E-state index contributed by atoms with van der Waals surface area (Å²) in [6, 6.07) is 2.32.